The van der Waals surface area contributed by atoms with Crippen molar-refractivity contribution in [2.75, 3.05) is 20.1 Å². The van der Waals surface area contributed by atoms with Gasteiger partial charge in [-0.25, -0.2) is 0 Å². The minimum absolute atomic E-state index is 0.0881. The van der Waals surface area contributed by atoms with Gasteiger partial charge in [0.2, 0.25) is 0 Å². The molecular formula is C39H74NO4P. The third kappa shape index (κ3) is 34.1. The van der Waals surface area contributed by atoms with Crippen LogP contribution in [-0.4, -0.2) is 31.6 Å². The fourth-order valence-corrected chi connectivity index (χ4v) is 6.65. The van der Waals surface area contributed by atoms with E-state index in [0.717, 1.165) is 32.1 Å². The third-order valence-corrected chi connectivity index (χ3v) is 9.87. The van der Waals surface area contributed by atoms with Gasteiger partial charge < -0.3 is 9.26 Å². The number of hydrogen-bond donors (Lipinski definition) is 1. The Morgan fingerprint density at radius 3 is 1.33 bits per heavy atom. The number of carbonyl (C=O) groups excluding carboxylic acids is 2. The molecule has 0 bridgehead atoms. The molecule has 6 heteroatoms. The predicted octanol–water partition coefficient (Wildman–Crippen LogP) is 12.7. The maximum Gasteiger partial charge on any atom is 0.306 e. The Morgan fingerprint density at radius 2 is 0.911 bits per heavy atom. The Balaban J connectivity index is 3.79. The first-order valence-corrected chi connectivity index (χ1v) is 20.6. The monoisotopic (exact) mass is 652 g/mol. The Kier molecular flexibility index (Phi) is 36.6. The summed E-state index contributed by atoms with van der Waals surface area (Å²) in [5.41, 5.74) is 0.103. The molecule has 264 valence electrons. The molecular weight excluding hydrogens is 577 g/mol. The van der Waals surface area contributed by atoms with Crippen LogP contribution in [0.25, 0.3) is 0 Å². The van der Waals surface area contributed by atoms with E-state index in [1.54, 1.807) is 7.05 Å². The number of nitrogens with one attached hydrogen (secondary N) is 1. The second-order valence-electron chi connectivity index (χ2n) is 12.7. The summed E-state index contributed by atoms with van der Waals surface area (Å²) in [7, 11) is 0.391. The Bertz CT molecular complexity index is 697. The lowest BCUT2D eigenvalue weighted by Gasteiger charge is -2.16. The fraction of sp³-hybridized carbons (Fsp3) is 0.846. The highest BCUT2D eigenvalue weighted by Gasteiger charge is 2.21. The zero-order valence-electron chi connectivity index (χ0n) is 30.1. The minimum Gasteiger partial charge on any atom is -0.458 e. The molecule has 1 N–H and O–H groups in total. The van der Waals surface area contributed by atoms with Gasteiger partial charge in [-0.2, -0.15) is 0 Å². The van der Waals surface area contributed by atoms with Crippen LogP contribution in [0.15, 0.2) is 24.3 Å². The zero-order valence-corrected chi connectivity index (χ0v) is 31.0. The van der Waals surface area contributed by atoms with E-state index in [1.165, 1.54) is 135 Å². The molecule has 0 spiro atoms. The summed E-state index contributed by atoms with van der Waals surface area (Å²) in [4.78, 5) is 25.1. The van der Waals surface area contributed by atoms with Crippen molar-refractivity contribution in [1.29, 1.82) is 0 Å². The lowest BCUT2D eigenvalue weighted by molar-refractivity contribution is -0.141. The average molecular weight is 652 g/mol. The van der Waals surface area contributed by atoms with Crippen molar-refractivity contribution in [3.05, 3.63) is 24.3 Å². The van der Waals surface area contributed by atoms with E-state index < -0.39 is 8.15 Å². The molecule has 0 aromatic heterocycles. The molecule has 0 aromatic carbocycles. The number of unbranched alkanes of at least 4 members (excludes halogenated alkanes) is 22. The van der Waals surface area contributed by atoms with Crippen molar-refractivity contribution >= 4 is 19.6 Å². The Morgan fingerprint density at radius 1 is 0.533 bits per heavy atom. The summed E-state index contributed by atoms with van der Waals surface area (Å²) in [6.45, 7) is 4.83. The first-order valence-electron chi connectivity index (χ1n) is 19.2. The van der Waals surface area contributed by atoms with E-state index >= 15 is 0 Å². The van der Waals surface area contributed by atoms with Crippen LogP contribution in [0.1, 0.15) is 194 Å². The van der Waals surface area contributed by atoms with Gasteiger partial charge in [0.25, 0.3) is 0 Å². The molecule has 0 saturated carbocycles. The van der Waals surface area contributed by atoms with Crippen molar-refractivity contribution in [2.24, 2.45) is 0 Å². The summed E-state index contributed by atoms with van der Waals surface area (Å²) in [5.74, 6) is -0.206. The molecule has 1 atom stereocenters. The number of carbonyl (C=O) groups is 2. The summed E-state index contributed by atoms with van der Waals surface area (Å²) < 4.78 is 11.2. The fourth-order valence-electron chi connectivity index (χ4n) is 5.34. The maximum atomic E-state index is 12.8. The summed E-state index contributed by atoms with van der Waals surface area (Å²) in [6.07, 6.45) is 42.6. The first-order chi connectivity index (χ1) is 22.2. The van der Waals surface area contributed by atoms with Gasteiger partial charge in [0, 0.05) is 12.8 Å². The van der Waals surface area contributed by atoms with Gasteiger partial charge in [-0.15, -0.1) is 0 Å². The standard InChI is InChI=1S/C39H74NO4P/c1-4-6-8-10-12-14-16-18-20-22-24-26-28-30-32-34-38(41)43-37-45(44-36-40-3)39(42)35-33-31-29-27-25-23-21-19-17-15-13-11-9-7-5-2/h18-21,40H,4-17,22-37H2,1-3H3/b20-18-,21-19-. The number of ether oxygens (including phenoxy) is 1. The normalized spacial score (nSPS) is 12.4. The van der Waals surface area contributed by atoms with Crippen molar-refractivity contribution in [3.63, 3.8) is 0 Å². The van der Waals surface area contributed by atoms with Gasteiger partial charge in [-0.05, 0) is 71.3 Å². The molecule has 0 rings (SSSR count). The average Bonchev–Trinajstić information content (AvgIpc) is 3.04. The molecule has 0 aromatic rings. The van der Waals surface area contributed by atoms with Crippen LogP contribution in [0, 0.1) is 0 Å². The minimum atomic E-state index is -1.40. The van der Waals surface area contributed by atoms with Crippen LogP contribution in [0.3, 0.4) is 0 Å². The Labute approximate surface area is 281 Å². The van der Waals surface area contributed by atoms with Crippen LogP contribution < -0.4 is 5.32 Å². The lowest BCUT2D eigenvalue weighted by Crippen LogP contribution is -2.15. The predicted molar refractivity (Wildman–Crippen MR) is 197 cm³/mol. The molecule has 0 aliphatic carbocycles. The highest BCUT2D eigenvalue weighted by molar-refractivity contribution is 7.70. The van der Waals surface area contributed by atoms with Crippen molar-refractivity contribution in [3.8, 4) is 0 Å². The van der Waals surface area contributed by atoms with E-state index in [0.29, 0.717) is 19.6 Å². The molecule has 0 heterocycles. The van der Waals surface area contributed by atoms with Crippen LogP contribution in [0.5, 0.6) is 0 Å². The van der Waals surface area contributed by atoms with Crippen LogP contribution in [-0.2, 0) is 18.8 Å². The molecule has 0 aliphatic heterocycles. The van der Waals surface area contributed by atoms with Crippen LogP contribution in [0.2, 0.25) is 0 Å². The van der Waals surface area contributed by atoms with Crippen molar-refractivity contribution in [1.82, 2.24) is 5.32 Å². The molecule has 1 unspecified atom stereocenters. The van der Waals surface area contributed by atoms with Gasteiger partial charge in [0.05, 0.1) is 0 Å². The molecule has 0 saturated heterocycles. The summed E-state index contributed by atoms with van der Waals surface area (Å²) in [5, 5.41) is 2.94. The largest absolute Gasteiger partial charge is 0.458 e. The Hall–Kier alpha value is -1.03. The summed E-state index contributed by atoms with van der Waals surface area (Å²) in [6, 6.07) is 0. The summed E-state index contributed by atoms with van der Waals surface area (Å²) >= 11 is 0. The van der Waals surface area contributed by atoms with Gasteiger partial charge >= 0.3 is 5.97 Å². The van der Waals surface area contributed by atoms with E-state index in [4.69, 9.17) is 9.26 Å². The van der Waals surface area contributed by atoms with Crippen molar-refractivity contribution in [2.45, 2.75) is 194 Å². The molecule has 0 radical (unpaired) electrons. The SMILES string of the molecule is CCCCCCCC/C=C\CCCCCCCC(=O)OCP(OCNC)C(=O)CCCCCCC/C=C\CCCCCCCC. The second kappa shape index (κ2) is 37.4. The molecule has 0 fully saturated rings. The smallest absolute Gasteiger partial charge is 0.306 e. The highest BCUT2D eigenvalue weighted by Crippen LogP contribution is 2.39. The van der Waals surface area contributed by atoms with Crippen LogP contribution in [0.4, 0.5) is 0 Å². The highest BCUT2D eigenvalue weighted by atomic mass is 31.1. The number of rotatable bonds is 36. The second-order valence-corrected chi connectivity index (χ2v) is 14.5. The number of esters is 1. The van der Waals surface area contributed by atoms with E-state index in [9.17, 15) is 9.59 Å². The third-order valence-electron chi connectivity index (χ3n) is 8.28. The van der Waals surface area contributed by atoms with Gasteiger partial charge in [0.15, 0.2) is 5.52 Å². The number of allylic oxidation sites excluding steroid dienone is 4. The first kappa shape index (κ1) is 44.0. The zero-order chi connectivity index (χ0) is 32.9. The quantitative estimate of drug-likeness (QED) is 0.0240. The molecule has 0 amide bonds. The van der Waals surface area contributed by atoms with Gasteiger partial charge in [-0.1, -0.05) is 141 Å². The lowest BCUT2D eigenvalue weighted by atomic mass is 10.1. The molecule has 5 nitrogen and oxygen atoms in total. The van der Waals surface area contributed by atoms with Gasteiger partial charge in [-0.3, -0.25) is 14.9 Å². The van der Waals surface area contributed by atoms with E-state index in [2.05, 4.69) is 43.5 Å². The van der Waals surface area contributed by atoms with E-state index in [-0.39, 0.29) is 17.8 Å². The van der Waals surface area contributed by atoms with Gasteiger partial charge in [0.1, 0.15) is 21.2 Å². The molecule has 0 aliphatic rings. The van der Waals surface area contributed by atoms with E-state index in [1.807, 2.05) is 0 Å². The van der Waals surface area contributed by atoms with Crippen molar-refractivity contribution < 1.29 is 18.8 Å². The molecule has 45 heavy (non-hydrogen) atoms. The maximum absolute atomic E-state index is 12.8. The van der Waals surface area contributed by atoms with Crippen LogP contribution >= 0.6 is 8.15 Å². The topological polar surface area (TPSA) is 64.6 Å². The number of hydrogen-bond acceptors (Lipinski definition) is 5.